The average molecular weight is 310 g/mol. The zero-order valence-electron chi connectivity index (χ0n) is 12.8. The van der Waals surface area contributed by atoms with Crippen LogP contribution in [0.2, 0.25) is 0 Å². The first-order valence-electron chi connectivity index (χ1n) is 7.15. The molecule has 0 radical (unpaired) electrons. The molecule has 0 unspecified atom stereocenters. The van der Waals surface area contributed by atoms with Crippen LogP contribution in [0.1, 0.15) is 21.6 Å². The van der Waals surface area contributed by atoms with E-state index in [0.29, 0.717) is 22.7 Å². The van der Waals surface area contributed by atoms with Crippen LogP contribution < -0.4 is 5.32 Å². The minimum absolute atomic E-state index is 0.342. The first kappa shape index (κ1) is 15.0. The van der Waals surface area contributed by atoms with Crippen molar-refractivity contribution < 1.29 is 13.7 Å². The van der Waals surface area contributed by atoms with Gasteiger partial charge < -0.3 is 9.84 Å². The van der Waals surface area contributed by atoms with Crippen LogP contribution in [-0.4, -0.2) is 11.1 Å². The normalized spacial score (nSPS) is 10.6. The van der Waals surface area contributed by atoms with Gasteiger partial charge in [-0.2, -0.15) is 0 Å². The summed E-state index contributed by atoms with van der Waals surface area (Å²) < 4.78 is 18.3. The van der Waals surface area contributed by atoms with Gasteiger partial charge in [-0.3, -0.25) is 4.79 Å². The molecule has 0 saturated heterocycles. The van der Waals surface area contributed by atoms with Crippen molar-refractivity contribution in [3.8, 4) is 11.3 Å². The number of hydrogen-bond donors (Lipinski definition) is 1. The Morgan fingerprint density at radius 3 is 2.35 bits per heavy atom. The average Bonchev–Trinajstić information content (AvgIpc) is 2.92. The van der Waals surface area contributed by atoms with Crippen molar-refractivity contribution in [2.75, 3.05) is 5.32 Å². The lowest BCUT2D eigenvalue weighted by atomic mass is 10.0. The molecule has 116 valence electrons. The van der Waals surface area contributed by atoms with Gasteiger partial charge >= 0.3 is 0 Å². The summed E-state index contributed by atoms with van der Waals surface area (Å²) in [6.45, 7) is 3.69. The molecule has 1 aromatic heterocycles. The number of halogens is 1. The number of rotatable bonds is 3. The number of carbonyl (C=O) groups excluding carboxylic acids is 1. The lowest BCUT2D eigenvalue weighted by Crippen LogP contribution is -2.13. The number of aromatic nitrogens is 1. The maximum Gasteiger partial charge on any atom is 0.261 e. The summed E-state index contributed by atoms with van der Waals surface area (Å²) in [7, 11) is 0. The van der Waals surface area contributed by atoms with Crippen LogP contribution in [0.4, 0.5) is 10.1 Å². The highest BCUT2D eigenvalue weighted by molar-refractivity contribution is 6.08. The van der Waals surface area contributed by atoms with Crippen LogP contribution in [0, 0.1) is 19.7 Å². The number of amides is 1. The van der Waals surface area contributed by atoms with Gasteiger partial charge in [-0.25, -0.2) is 4.39 Å². The summed E-state index contributed by atoms with van der Waals surface area (Å²) >= 11 is 0. The Bertz CT molecular complexity index is 836. The van der Waals surface area contributed by atoms with Gasteiger partial charge in [-0.15, -0.1) is 0 Å². The zero-order valence-corrected chi connectivity index (χ0v) is 12.8. The molecule has 0 aliphatic rings. The molecule has 1 heterocycles. The number of hydrogen-bond acceptors (Lipinski definition) is 3. The summed E-state index contributed by atoms with van der Waals surface area (Å²) in [5, 5.41) is 6.62. The van der Waals surface area contributed by atoms with Crippen molar-refractivity contribution >= 4 is 11.6 Å². The SMILES string of the molecule is Cc1ccc(-c2onc(C)c2C(=O)Nc2ccc(F)cc2)cc1. The van der Waals surface area contributed by atoms with Crippen molar-refractivity contribution in [3.63, 3.8) is 0 Å². The van der Waals surface area contributed by atoms with Crippen molar-refractivity contribution in [1.29, 1.82) is 0 Å². The molecule has 0 bridgehead atoms. The number of nitrogens with zero attached hydrogens (tertiary/aromatic N) is 1. The van der Waals surface area contributed by atoms with Gasteiger partial charge in [0.15, 0.2) is 5.76 Å². The fraction of sp³-hybridized carbons (Fsp3) is 0.111. The second-order valence-corrected chi connectivity index (χ2v) is 5.30. The molecular formula is C18H15FN2O2. The number of nitrogens with one attached hydrogen (secondary N) is 1. The third-order valence-electron chi connectivity index (χ3n) is 3.51. The molecular weight excluding hydrogens is 295 g/mol. The summed E-state index contributed by atoms with van der Waals surface area (Å²) in [4.78, 5) is 12.5. The summed E-state index contributed by atoms with van der Waals surface area (Å²) in [5.41, 5.74) is 3.27. The maximum atomic E-state index is 12.9. The molecule has 4 nitrogen and oxygen atoms in total. The van der Waals surface area contributed by atoms with E-state index in [1.807, 2.05) is 31.2 Å². The van der Waals surface area contributed by atoms with Crippen LogP contribution in [0.25, 0.3) is 11.3 Å². The molecule has 1 N–H and O–H groups in total. The molecule has 5 heteroatoms. The highest BCUT2D eigenvalue weighted by Crippen LogP contribution is 2.27. The lowest BCUT2D eigenvalue weighted by molar-refractivity contribution is 0.102. The van der Waals surface area contributed by atoms with Gasteiger partial charge in [0.25, 0.3) is 5.91 Å². The molecule has 0 fully saturated rings. The highest BCUT2D eigenvalue weighted by atomic mass is 19.1. The Hall–Kier alpha value is -2.95. The third-order valence-corrected chi connectivity index (χ3v) is 3.51. The van der Waals surface area contributed by atoms with Crippen LogP contribution in [0.3, 0.4) is 0 Å². The monoisotopic (exact) mass is 310 g/mol. The highest BCUT2D eigenvalue weighted by Gasteiger charge is 2.21. The topological polar surface area (TPSA) is 55.1 Å². The Labute approximate surface area is 132 Å². The quantitative estimate of drug-likeness (QED) is 0.782. The molecule has 2 aromatic carbocycles. The molecule has 0 aliphatic heterocycles. The van der Waals surface area contributed by atoms with Crippen LogP contribution >= 0.6 is 0 Å². The van der Waals surface area contributed by atoms with Gasteiger partial charge in [0.05, 0.1) is 5.69 Å². The Morgan fingerprint density at radius 1 is 1.04 bits per heavy atom. The van der Waals surface area contributed by atoms with E-state index < -0.39 is 0 Å². The minimum Gasteiger partial charge on any atom is -0.355 e. The van der Waals surface area contributed by atoms with Gasteiger partial charge in [0, 0.05) is 11.3 Å². The molecule has 23 heavy (non-hydrogen) atoms. The second-order valence-electron chi connectivity index (χ2n) is 5.30. The molecule has 3 rings (SSSR count). The number of carbonyl (C=O) groups is 1. The Balaban J connectivity index is 1.93. The van der Waals surface area contributed by atoms with Crippen LogP contribution in [0.15, 0.2) is 53.1 Å². The van der Waals surface area contributed by atoms with Gasteiger partial charge in [-0.1, -0.05) is 35.0 Å². The van der Waals surface area contributed by atoms with Crippen molar-refractivity contribution in [1.82, 2.24) is 5.16 Å². The second kappa shape index (κ2) is 6.04. The molecule has 0 atom stereocenters. The molecule has 0 spiro atoms. The molecule has 3 aromatic rings. The molecule has 1 amide bonds. The Kier molecular flexibility index (Phi) is 3.93. The van der Waals surface area contributed by atoms with Crippen molar-refractivity contribution in [2.45, 2.75) is 13.8 Å². The predicted octanol–water partition coefficient (Wildman–Crippen LogP) is 4.35. The lowest BCUT2D eigenvalue weighted by Gasteiger charge is -2.06. The largest absolute Gasteiger partial charge is 0.355 e. The summed E-state index contributed by atoms with van der Waals surface area (Å²) in [5.74, 6) is -0.280. The minimum atomic E-state index is -0.357. The van der Waals surface area contributed by atoms with E-state index in [1.165, 1.54) is 24.3 Å². The van der Waals surface area contributed by atoms with E-state index in [9.17, 15) is 9.18 Å². The summed E-state index contributed by atoms with van der Waals surface area (Å²) in [6.07, 6.45) is 0. The predicted molar refractivity (Wildman–Crippen MR) is 85.8 cm³/mol. The van der Waals surface area contributed by atoms with Crippen LogP contribution in [0.5, 0.6) is 0 Å². The molecule has 0 saturated carbocycles. The number of aryl methyl sites for hydroxylation is 2. The smallest absolute Gasteiger partial charge is 0.261 e. The van der Waals surface area contributed by atoms with E-state index in [0.717, 1.165) is 11.1 Å². The first-order valence-corrected chi connectivity index (χ1v) is 7.15. The summed E-state index contributed by atoms with van der Waals surface area (Å²) in [6, 6.07) is 13.2. The third kappa shape index (κ3) is 3.13. The number of anilines is 1. The van der Waals surface area contributed by atoms with E-state index in [4.69, 9.17) is 4.52 Å². The van der Waals surface area contributed by atoms with Crippen molar-refractivity contribution in [2.24, 2.45) is 0 Å². The van der Waals surface area contributed by atoms with E-state index >= 15 is 0 Å². The Morgan fingerprint density at radius 2 is 1.70 bits per heavy atom. The first-order chi connectivity index (χ1) is 11.0. The fourth-order valence-electron chi connectivity index (χ4n) is 2.27. The van der Waals surface area contributed by atoms with Gasteiger partial charge in [0.1, 0.15) is 11.4 Å². The van der Waals surface area contributed by atoms with E-state index in [1.54, 1.807) is 6.92 Å². The van der Waals surface area contributed by atoms with Gasteiger partial charge in [-0.05, 0) is 38.1 Å². The van der Waals surface area contributed by atoms with Crippen LogP contribution in [-0.2, 0) is 0 Å². The fourth-order valence-corrected chi connectivity index (χ4v) is 2.27. The van der Waals surface area contributed by atoms with Gasteiger partial charge in [0.2, 0.25) is 0 Å². The number of benzene rings is 2. The standard InChI is InChI=1S/C18H15FN2O2/c1-11-3-5-13(6-4-11)17-16(12(2)21-23-17)18(22)20-15-9-7-14(19)8-10-15/h3-10H,1-2H3,(H,20,22). The maximum absolute atomic E-state index is 12.9. The van der Waals surface area contributed by atoms with E-state index in [-0.39, 0.29) is 11.7 Å². The van der Waals surface area contributed by atoms with Crippen molar-refractivity contribution in [3.05, 3.63) is 71.2 Å². The molecule has 0 aliphatic carbocycles. The van der Waals surface area contributed by atoms with E-state index in [2.05, 4.69) is 10.5 Å². The zero-order chi connectivity index (χ0) is 16.4.